The first-order valence-corrected chi connectivity index (χ1v) is 5.70. The minimum absolute atomic E-state index is 0.293. The molecule has 0 atom stereocenters. The van der Waals surface area contributed by atoms with Gasteiger partial charge in [-0.05, 0) is 19.4 Å². The number of rotatable bonds is 5. The molecule has 0 heterocycles. The van der Waals surface area contributed by atoms with Gasteiger partial charge in [-0.15, -0.1) is 0 Å². The maximum absolute atomic E-state index is 11.7. The fourth-order valence-corrected chi connectivity index (χ4v) is 1.33. The van der Waals surface area contributed by atoms with Gasteiger partial charge in [-0.25, -0.2) is 4.79 Å². The Morgan fingerprint density at radius 2 is 2.25 bits per heavy atom. The standard InChI is InChI=1S/C13H18NO2/c1-3-5-11-16-13(15)14(4-2)12-9-7-6-8-10-12/h6-9H,3-5,11H2,1-2H3. The molecule has 0 bridgehead atoms. The van der Waals surface area contributed by atoms with Gasteiger partial charge in [-0.2, -0.15) is 0 Å². The summed E-state index contributed by atoms with van der Waals surface area (Å²) < 4.78 is 5.16. The first-order valence-electron chi connectivity index (χ1n) is 5.70. The molecule has 0 aliphatic carbocycles. The highest BCUT2D eigenvalue weighted by Gasteiger charge is 2.14. The molecule has 0 fully saturated rings. The zero-order valence-electron chi connectivity index (χ0n) is 9.90. The summed E-state index contributed by atoms with van der Waals surface area (Å²) in [5.41, 5.74) is 0.756. The zero-order chi connectivity index (χ0) is 11.8. The van der Waals surface area contributed by atoms with Crippen molar-refractivity contribution in [3.05, 3.63) is 30.3 Å². The average molecular weight is 220 g/mol. The molecule has 3 heteroatoms. The van der Waals surface area contributed by atoms with E-state index in [0.29, 0.717) is 13.2 Å². The van der Waals surface area contributed by atoms with Crippen molar-refractivity contribution in [1.29, 1.82) is 0 Å². The van der Waals surface area contributed by atoms with Crippen molar-refractivity contribution >= 4 is 11.8 Å². The van der Waals surface area contributed by atoms with Crippen LogP contribution in [0.15, 0.2) is 24.3 Å². The number of carbonyl (C=O) groups excluding carboxylic acids is 1. The number of anilines is 1. The lowest BCUT2D eigenvalue weighted by atomic mass is 10.3. The second-order valence-electron chi connectivity index (χ2n) is 3.46. The predicted octanol–water partition coefficient (Wildman–Crippen LogP) is 3.25. The van der Waals surface area contributed by atoms with Gasteiger partial charge in [0, 0.05) is 12.6 Å². The van der Waals surface area contributed by atoms with E-state index < -0.39 is 0 Å². The third-order valence-corrected chi connectivity index (χ3v) is 2.24. The average Bonchev–Trinajstić information content (AvgIpc) is 2.32. The van der Waals surface area contributed by atoms with Crippen molar-refractivity contribution in [3.63, 3.8) is 0 Å². The maximum atomic E-state index is 11.7. The molecule has 1 aromatic rings. The van der Waals surface area contributed by atoms with E-state index in [9.17, 15) is 4.79 Å². The van der Waals surface area contributed by atoms with Crippen LogP contribution in [0.2, 0.25) is 0 Å². The lowest BCUT2D eigenvalue weighted by Gasteiger charge is -2.19. The number of nitrogens with zero attached hydrogens (tertiary/aromatic N) is 1. The van der Waals surface area contributed by atoms with Gasteiger partial charge >= 0.3 is 6.09 Å². The molecule has 87 valence electrons. The van der Waals surface area contributed by atoms with Crippen LogP contribution in [-0.2, 0) is 4.74 Å². The van der Waals surface area contributed by atoms with Crippen molar-refractivity contribution in [2.24, 2.45) is 0 Å². The third kappa shape index (κ3) is 3.57. The number of ether oxygens (including phenoxy) is 1. The lowest BCUT2D eigenvalue weighted by molar-refractivity contribution is 0.152. The molecule has 0 saturated heterocycles. The van der Waals surface area contributed by atoms with Crippen LogP contribution in [0.1, 0.15) is 26.7 Å². The van der Waals surface area contributed by atoms with E-state index in [1.54, 1.807) is 11.0 Å². The van der Waals surface area contributed by atoms with Crippen LogP contribution in [0, 0.1) is 6.07 Å². The van der Waals surface area contributed by atoms with E-state index in [2.05, 4.69) is 13.0 Å². The summed E-state index contributed by atoms with van der Waals surface area (Å²) in [5.74, 6) is 0. The smallest absolute Gasteiger partial charge is 0.414 e. The normalized spacial score (nSPS) is 9.88. The molecule has 1 aromatic carbocycles. The Kier molecular flexibility index (Phi) is 5.40. The largest absolute Gasteiger partial charge is 0.449 e. The summed E-state index contributed by atoms with van der Waals surface area (Å²) in [5, 5.41) is 0. The Hall–Kier alpha value is -1.51. The number of hydrogen-bond donors (Lipinski definition) is 0. The van der Waals surface area contributed by atoms with Gasteiger partial charge < -0.3 is 4.74 Å². The quantitative estimate of drug-likeness (QED) is 0.713. The highest BCUT2D eigenvalue weighted by Crippen LogP contribution is 2.13. The van der Waals surface area contributed by atoms with E-state index in [0.717, 1.165) is 18.5 Å². The summed E-state index contributed by atoms with van der Waals surface area (Å²) in [4.78, 5) is 13.3. The van der Waals surface area contributed by atoms with Crippen molar-refractivity contribution < 1.29 is 9.53 Å². The molecule has 0 aliphatic heterocycles. The van der Waals surface area contributed by atoms with E-state index in [1.807, 2.05) is 25.1 Å². The van der Waals surface area contributed by atoms with Crippen LogP contribution in [0.3, 0.4) is 0 Å². The Morgan fingerprint density at radius 3 is 2.81 bits per heavy atom. The van der Waals surface area contributed by atoms with E-state index in [-0.39, 0.29) is 6.09 Å². The van der Waals surface area contributed by atoms with Gasteiger partial charge in [0.05, 0.1) is 12.3 Å². The van der Waals surface area contributed by atoms with Crippen molar-refractivity contribution in [1.82, 2.24) is 0 Å². The molecule has 0 aliphatic rings. The number of amides is 1. The number of benzene rings is 1. The van der Waals surface area contributed by atoms with Gasteiger partial charge in [0.1, 0.15) is 0 Å². The number of para-hydroxylation sites is 1. The first kappa shape index (κ1) is 12.6. The fraction of sp³-hybridized carbons (Fsp3) is 0.462. The molecule has 1 amide bonds. The number of unbranched alkanes of at least 4 members (excludes halogenated alkanes) is 1. The second kappa shape index (κ2) is 6.88. The van der Waals surface area contributed by atoms with E-state index in [1.165, 1.54) is 0 Å². The molecular formula is C13H18NO2. The second-order valence-corrected chi connectivity index (χ2v) is 3.46. The fourth-order valence-electron chi connectivity index (χ4n) is 1.33. The predicted molar refractivity (Wildman–Crippen MR) is 64.6 cm³/mol. The molecule has 0 spiro atoms. The van der Waals surface area contributed by atoms with Crippen LogP contribution < -0.4 is 4.90 Å². The van der Waals surface area contributed by atoms with Crippen LogP contribution in [-0.4, -0.2) is 19.2 Å². The Morgan fingerprint density at radius 1 is 1.44 bits per heavy atom. The van der Waals surface area contributed by atoms with Crippen LogP contribution in [0.5, 0.6) is 0 Å². The summed E-state index contributed by atoms with van der Waals surface area (Å²) in [6.07, 6.45) is 1.64. The number of carbonyl (C=O) groups is 1. The van der Waals surface area contributed by atoms with Crippen molar-refractivity contribution in [3.8, 4) is 0 Å². The van der Waals surface area contributed by atoms with Gasteiger partial charge in [-0.1, -0.05) is 31.5 Å². The number of hydrogen-bond acceptors (Lipinski definition) is 2. The van der Waals surface area contributed by atoms with Crippen LogP contribution in [0.25, 0.3) is 0 Å². The summed E-state index contributed by atoms with van der Waals surface area (Å²) >= 11 is 0. The molecule has 3 nitrogen and oxygen atoms in total. The van der Waals surface area contributed by atoms with Crippen molar-refractivity contribution in [2.45, 2.75) is 26.7 Å². The monoisotopic (exact) mass is 220 g/mol. The molecule has 0 aromatic heterocycles. The molecule has 0 saturated carbocycles. The molecule has 1 radical (unpaired) electrons. The van der Waals surface area contributed by atoms with Gasteiger partial charge in [0.2, 0.25) is 0 Å². The minimum atomic E-state index is -0.293. The summed E-state index contributed by atoms with van der Waals surface area (Å²) in [7, 11) is 0. The lowest BCUT2D eigenvalue weighted by Crippen LogP contribution is -2.31. The Labute approximate surface area is 97.0 Å². The topological polar surface area (TPSA) is 29.5 Å². The molecule has 0 unspecified atom stereocenters. The SMILES string of the molecule is CCCCOC(=O)N(CC)c1[c]cccc1. The van der Waals surface area contributed by atoms with Crippen LogP contribution >= 0.6 is 0 Å². The minimum Gasteiger partial charge on any atom is -0.449 e. The Bertz CT molecular complexity index is 311. The third-order valence-electron chi connectivity index (χ3n) is 2.24. The zero-order valence-corrected chi connectivity index (χ0v) is 9.90. The summed E-state index contributed by atoms with van der Waals surface area (Å²) in [6.45, 7) is 5.06. The Balaban J connectivity index is 2.57. The van der Waals surface area contributed by atoms with Crippen LogP contribution in [0.4, 0.5) is 10.5 Å². The summed E-state index contributed by atoms with van der Waals surface area (Å²) in [6, 6.07) is 10.4. The van der Waals surface area contributed by atoms with Gasteiger partial charge in [-0.3, -0.25) is 4.90 Å². The van der Waals surface area contributed by atoms with E-state index >= 15 is 0 Å². The maximum Gasteiger partial charge on any atom is 0.414 e. The molecule has 16 heavy (non-hydrogen) atoms. The molecular weight excluding hydrogens is 202 g/mol. The highest BCUT2D eigenvalue weighted by molar-refractivity contribution is 5.87. The van der Waals surface area contributed by atoms with Gasteiger partial charge in [0.15, 0.2) is 0 Å². The van der Waals surface area contributed by atoms with Gasteiger partial charge in [0.25, 0.3) is 0 Å². The van der Waals surface area contributed by atoms with Crippen molar-refractivity contribution in [2.75, 3.05) is 18.1 Å². The highest BCUT2D eigenvalue weighted by atomic mass is 16.6. The van der Waals surface area contributed by atoms with E-state index in [4.69, 9.17) is 4.74 Å². The molecule has 1 rings (SSSR count). The first-order chi connectivity index (χ1) is 7.79. The molecule has 0 N–H and O–H groups in total.